The van der Waals surface area contributed by atoms with E-state index in [1.54, 1.807) is 22.7 Å². The first-order chi connectivity index (χ1) is 14.5. The van der Waals surface area contributed by atoms with E-state index in [4.69, 9.17) is 0 Å². The van der Waals surface area contributed by atoms with Crippen LogP contribution >= 0.6 is 0 Å². The van der Waals surface area contributed by atoms with E-state index in [0.29, 0.717) is 30.0 Å². The van der Waals surface area contributed by atoms with Gasteiger partial charge < -0.3 is 5.32 Å². The number of aromatic nitrogens is 4. The summed E-state index contributed by atoms with van der Waals surface area (Å²) in [5, 5.41) is 10.6. The molecule has 0 unspecified atom stereocenters. The number of hydrogen-bond donors (Lipinski definition) is 1. The molecule has 1 amide bonds. The minimum Gasteiger partial charge on any atom is -0.326 e. The minimum absolute atomic E-state index is 0.112. The quantitative estimate of drug-likeness (QED) is 0.531. The highest BCUT2D eigenvalue weighted by Crippen LogP contribution is 2.12. The van der Waals surface area contributed by atoms with Crippen LogP contribution in [0.15, 0.2) is 65.7 Å². The summed E-state index contributed by atoms with van der Waals surface area (Å²) in [5.41, 5.74) is 0.471. The van der Waals surface area contributed by atoms with Crippen molar-refractivity contribution in [3.63, 3.8) is 0 Å². The third-order valence-electron chi connectivity index (χ3n) is 4.54. The van der Waals surface area contributed by atoms with Crippen LogP contribution in [0.3, 0.4) is 0 Å². The van der Waals surface area contributed by atoms with Crippen LogP contribution < -0.4 is 10.9 Å². The molecule has 0 bridgehead atoms. The van der Waals surface area contributed by atoms with Crippen LogP contribution in [0.25, 0.3) is 11.3 Å². The van der Waals surface area contributed by atoms with Crippen LogP contribution in [-0.4, -0.2) is 25.1 Å². The van der Waals surface area contributed by atoms with Crippen LogP contribution in [0, 0.1) is 11.6 Å². The Kier molecular flexibility index (Phi) is 5.34. The fourth-order valence-corrected chi connectivity index (χ4v) is 3.13. The van der Waals surface area contributed by atoms with Crippen molar-refractivity contribution in [3.05, 3.63) is 88.7 Å². The molecule has 0 atom stereocenters. The van der Waals surface area contributed by atoms with E-state index in [1.807, 2.05) is 0 Å². The smallest absolute Gasteiger partial charge is 0.300 e. The maximum Gasteiger partial charge on any atom is 0.300 e. The summed E-state index contributed by atoms with van der Waals surface area (Å²) < 4.78 is 29.5. The average molecular weight is 409 g/mol. The van der Waals surface area contributed by atoms with Gasteiger partial charge in [-0.1, -0.05) is 12.1 Å². The standard InChI is InChI=1S/C21H17F2N5O2/c22-14-4-1-6-16(12-14)24-19(29)9-3-8-18-25-26-20-21(30)27(10-11-28(18)20)17-7-2-5-15(23)13-17/h1-2,4-7,10-13H,3,8-9H2,(H,24,29). The summed E-state index contributed by atoms with van der Waals surface area (Å²) in [5.74, 6) is -0.584. The molecule has 4 rings (SSSR count). The van der Waals surface area contributed by atoms with Gasteiger partial charge in [0.1, 0.15) is 17.5 Å². The van der Waals surface area contributed by atoms with E-state index in [-0.39, 0.29) is 18.0 Å². The molecule has 0 saturated carbocycles. The van der Waals surface area contributed by atoms with Crippen molar-refractivity contribution in [1.82, 2.24) is 19.2 Å². The maximum atomic E-state index is 13.5. The number of nitrogens with one attached hydrogen (secondary N) is 1. The van der Waals surface area contributed by atoms with Gasteiger partial charge in [0.2, 0.25) is 11.6 Å². The number of carbonyl (C=O) groups excluding carboxylic acids is 1. The van der Waals surface area contributed by atoms with Crippen LogP contribution in [0.5, 0.6) is 0 Å². The lowest BCUT2D eigenvalue weighted by molar-refractivity contribution is -0.116. The van der Waals surface area contributed by atoms with Gasteiger partial charge in [0.05, 0.1) is 5.69 Å². The zero-order valence-electron chi connectivity index (χ0n) is 15.8. The molecule has 152 valence electrons. The maximum absolute atomic E-state index is 13.5. The fraction of sp³-hybridized carbons (Fsp3) is 0.143. The molecule has 0 fully saturated rings. The molecule has 0 spiro atoms. The van der Waals surface area contributed by atoms with E-state index < -0.39 is 17.2 Å². The first-order valence-corrected chi connectivity index (χ1v) is 9.28. The van der Waals surface area contributed by atoms with Gasteiger partial charge in [-0.05, 0) is 42.8 Å². The van der Waals surface area contributed by atoms with Crippen molar-refractivity contribution in [2.24, 2.45) is 0 Å². The number of nitrogens with zero attached hydrogens (tertiary/aromatic N) is 4. The Morgan fingerprint density at radius 2 is 1.77 bits per heavy atom. The molecule has 0 aliphatic carbocycles. The van der Waals surface area contributed by atoms with Crippen molar-refractivity contribution < 1.29 is 13.6 Å². The second-order valence-corrected chi connectivity index (χ2v) is 6.68. The van der Waals surface area contributed by atoms with E-state index in [2.05, 4.69) is 15.5 Å². The number of aryl methyl sites for hydroxylation is 1. The summed E-state index contributed by atoms with van der Waals surface area (Å²) in [6.45, 7) is 0. The first-order valence-electron chi connectivity index (χ1n) is 9.28. The van der Waals surface area contributed by atoms with Gasteiger partial charge in [0, 0.05) is 30.9 Å². The fourth-order valence-electron chi connectivity index (χ4n) is 3.13. The van der Waals surface area contributed by atoms with Gasteiger partial charge in [-0.3, -0.25) is 18.6 Å². The second-order valence-electron chi connectivity index (χ2n) is 6.68. The van der Waals surface area contributed by atoms with E-state index in [1.165, 1.54) is 47.2 Å². The summed E-state index contributed by atoms with van der Waals surface area (Å²) in [7, 11) is 0. The molecule has 4 aromatic rings. The SMILES string of the molecule is O=C(CCCc1nnc2c(=O)n(-c3cccc(F)c3)ccn12)Nc1cccc(F)c1. The van der Waals surface area contributed by atoms with Crippen molar-refractivity contribution >= 4 is 17.2 Å². The van der Waals surface area contributed by atoms with Gasteiger partial charge in [0.15, 0.2) is 0 Å². The Morgan fingerprint density at radius 1 is 1.00 bits per heavy atom. The highest BCUT2D eigenvalue weighted by Gasteiger charge is 2.12. The molecule has 7 nitrogen and oxygen atoms in total. The number of benzene rings is 2. The van der Waals surface area contributed by atoms with E-state index in [0.717, 1.165) is 0 Å². The molecule has 2 aromatic heterocycles. The predicted octanol–water partition coefficient (Wildman–Crippen LogP) is 3.12. The number of rotatable bonds is 6. The van der Waals surface area contributed by atoms with Crippen LogP contribution in [-0.2, 0) is 11.2 Å². The molecule has 9 heteroatoms. The number of halogens is 2. The molecule has 1 N–H and O–H groups in total. The van der Waals surface area contributed by atoms with Crippen LogP contribution in [0.4, 0.5) is 14.5 Å². The Morgan fingerprint density at radius 3 is 2.53 bits per heavy atom. The summed E-state index contributed by atoms with van der Waals surface area (Å²) in [4.78, 5) is 24.7. The average Bonchev–Trinajstić information content (AvgIpc) is 3.12. The molecular weight excluding hydrogens is 392 g/mol. The molecule has 0 saturated heterocycles. The summed E-state index contributed by atoms with van der Waals surface area (Å²) in [6, 6.07) is 11.4. The zero-order valence-corrected chi connectivity index (χ0v) is 15.8. The number of amides is 1. The van der Waals surface area contributed by atoms with E-state index >= 15 is 0 Å². The Bertz CT molecular complexity index is 1280. The highest BCUT2D eigenvalue weighted by molar-refractivity contribution is 5.90. The number of fused-ring (bicyclic) bond motifs is 1. The number of hydrogen-bond acceptors (Lipinski definition) is 4. The lowest BCUT2D eigenvalue weighted by atomic mass is 10.2. The molecule has 0 radical (unpaired) electrons. The number of anilines is 1. The van der Waals surface area contributed by atoms with Crippen molar-refractivity contribution in [2.75, 3.05) is 5.32 Å². The minimum atomic E-state index is -0.446. The largest absolute Gasteiger partial charge is 0.326 e. The molecular formula is C21H17F2N5O2. The molecule has 30 heavy (non-hydrogen) atoms. The number of carbonyl (C=O) groups is 1. The molecule has 0 aliphatic rings. The summed E-state index contributed by atoms with van der Waals surface area (Å²) >= 11 is 0. The molecule has 2 aromatic carbocycles. The van der Waals surface area contributed by atoms with E-state index in [9.17, 15) is 18.4 Å². The van der Waals surface area contributed by atoms with Crippen molar-refractivity contribution in [1.29, 1.82) is 0 Å². The van der Waals surface area contributed by atoms with Crippen LogP contribution in [0.1, 0.15) is 18.7 Å². The van der Waals surface area contributed by atoms with Gasteiger partial charge >= 0.3 is 5.56 Å². The first kappa shape index (κ1) is 19.4. The predicted molar refractivity (Wildman–Crippen MR) is 107 cm³/mol. The van der Waals surface area contributed by atoms with Gasteiger partial charge in [-0.15, -0.1) is 10.2 Å². The normalized spacial score (nSPS) is 11.0. The molecule has 0 aliphatic heterocycles. The zero-order chi connectivity index (χ0) is 21.1. The van der Waals surface area contributed by atoms with Crippen LogP contribution in [0.2, 0.25) is 0 Å². The topological polar surface area (TPSA) is 81.3 Å². The third kappa shape index (κ3) is 4.09. The second kappa shape index (κ2) is 8.24. The van der Waals surface area contributed by atoms with Gasteiger partial charge in [-0.2, -0.15) is 0 Å². The van der Waals surface area contributed by atoms with Crippen molar-refractivity contribution in [2.45, 2.75) is 19.3 Å². The summed E-state index contributed by atoms with van der Waals surface area (Å²) in [6.07, 6.45) is 4.24. The van der Waals surface area contributed by atoms with Crippen molar-refractivity contribution in [3.8, 4) is 5.69 Å². The lowest BCUT2D eigenvalue weighted by Gasteiger charge is -2.07. The lowest BCUT2D eigenvalue weighted by Crippen LogP contribution is -2.20. The monoisotopic (exact) mass is 409 g/mol. The Balaban J connectivity index is 1.45. The Hall–Kier alpha value is -3.88. The Labute approximate surface area is 169 Å². The van der Waals surface area contributed by atoms with Gasteiger partial charge in [-0.25, -0.2) is 8.78 Å². The highest BCUT2D eigenvalue weighted by atomic mass is 19.1. The molecule has 2 heterocycles. The van der Waals surface area contributed by atoms with Gasteiger partial charge in [0.25, 0.3) is 0 Å². The third-order valence-corrected chi connectivity index (χ3v) is 4.54.